The molecule has 0 radical (unpaired) electrons. The molecule has 0 aliphatic carbocycles. The maximum absolute atomic E-state index is 13.4. The number of hydrogen-bond acceptors (Lipinski definition) is 8. The van der Waals surface area contributed by atoms with Crippen molar-refractivity contribution in [3.8, 4) is 6.01 Å². The lowest BCUT2D eigenvalue weighted by Crippen LogP contribution is -2.29. The fourth-order valence-corrected chi connectivity index (χ4v) is 3.27. The molecule has 11 nitrogen and oxygen atoms in total. The van der Waals surface area contributed by atoms with Gasteiger partial charge in [-0.2, -0.15) is 9.97 Å². The van der Waals surface area contributed by atoms with Gasteiger partial charge < -0.3 is 24.4 Å². The predicted octanol–water partition coefficient (Wildman–Crippen LogP) is 2.74. The Labute approximate surface area is 201 Å². The van der Waals surface area contributed by atoms with Gasteiger partial charge in [-0.1, -0.05) is 36.4 Å². The third-order valence-corrected chi connectivity index (χ3v) is 4.84. The standard InChI is InChI=1S/C24H25N7O4/c1-29(2)15-26-21-20-22(30(16-25-20)13-19(33)14-32)28-23(27-21)35-24(34)31(17-9-5-3-6-10-17)18-11-7-4-8-12-18/h3-12,15-16,19,32-33H,13-14H2,1-2H3/b26-15+/t19-/m0/s1. The number of ether oxygens (including phenoxy) is 1. The van der Waals surface area contributed by atoms with Gasteiger partial charge in [0.2, 0.25) is 0 Å². The molecule has 35 heavy (non-hydrogen) atoms. The summed E-state index contributed by atoms with van der Waals surface area (Å²) in [5.74, 6) is 0.190. The zero-order valence-corrected chi connectivity index (χ0v) is 19.3. The summed E-state index contributed by atoms with van der Waals surface area (Å²) in [6.07, 6.45) is 1.26. The van der Waals surface area contributed by atoms with Crippen molar-refractivity contribution in [3.05, 3.63) is 67.0 Å². The second-order valence-electron chi connectivity index (χ2n) is 7.82. The summed E-state index contributed by atoms with van der Waals surface area (Å²) in [7, 11) is 3.60. The van der Waals surface area contributed by atoms with E-state index in [9.17, 15) is 15.0 Å². The zero-order valence-electron chi connectivity index (χ0n) is 19.3. The smallest absolute Gasteiger partial charge is 0.394 e. The molecule has 0 fully saturated rings. The number of hydrogen-bond donors (Lipinski definition) is 2. The summed E-state index contributed by atoms with van der Waals surface area (Å²) in [4.78, 5) is 33.8. The maximum Gasteiger partial charge on any atom is 0.426 e. The molecule has 0 saturated carbocycles. The summed E-state index contributed by atoms with van der Waals surface area (Å²) in [6, 6.07) is 17.9. The summed E-state index contributed by atoms with van der Waals surface area (Å²) in [5.41, 5.74) is 1.86. The van der Waals surface area contributed by atoms with Crippen LogP contribution in [0.4, 0.5) is 22.0 Å². The first-order valence-corrected chi connectivity index (χ1v) is 10.8. The van der Waals surface area contributed by atoms with Crippen LogP contribution in [-0.2, 0) is 6.54 Å². The molecule has 4 rings (SSSR count). The minimum atomic E-state index is -1.02. The molecule has 0 saturated heterocycles. The van der Waals surface area contributed by atoms with Crippen LogP contribution < -0.4 is 9.64 Å². The Morgan fingerprint density at radius 2 is 1.71 bits per heavy atom. The summed E-state index contributed by atoms with van der Waals surface area (Å²) in [6.45, 7) is -0.393. The van der Waals surface area contributed by atoms with Crippen LogP contribution >= 0.6 is 0 Å². The first kappa shape index (κ1) is 23.8. The van der Waals surface area contributed by atoms with Gasteiger partial charge in [-0.15, -0.1) is 0 Å². The lowest BCUT2D eigenvalue weighted by atomic mass is 10.2. The molecule has 2 N–H and O–H groups in total. The van der Waals surface area contributed by atoms with Crippen LogP contribution in [0.15, 0.2) is 72.0 Å². The molecule has 0 bridgehead atoms. The zero-order chi connectivity index (χ0) is 24.8. The Morgan fingerprint density at radius 1 is 1.09 bits per heavy atom. The lowest BCUT2D eigenvalue weighted by molar-refractivity contribution is 0.0819. The number of para-hydroxylation sites is 2. The summed E-state index contributed by atoms with van der Waals surface area (Å²) < 4.78 is 7.16. The van der Waals surface area contributed by atoms with Gasteiger partial charge in [0.1, 0.15) is 0 Å². The number of aliphatic imine (C=N–C) groups is 1. The van der Waals surface area contributed by atoms with Crippen molar-refractivity contribution in [2.45, 2.75) is 12.6 Å². The number of benzene rings is 2. The molecule has 2 aromatic carbocycles. The van der Waals surface area contributed by atoms with Crippen LogP contribution in [0.3, 0.4) is 0 Å². The Hall–Kier alpha value is -4.35. The van der Waals surface area contributed by atoms with E-state index in [0.717, 1.165) is 0 Å². The summed E-state index contributed by atoms with van der Waals surface area (Å²) in [5, 5.41) is 19.1. The van der Waals surface area contributed by atoms with Crippen molar-refractivity contribution in [1.82, 2.24) is 24.4 Å². The van der Waals surface area contributed by atoms with Crippen LogP contribution in [0.2, 0.25) is 0 Å². The van der Waals surface area contributed by atoms with Crippen LogP contribution in [0.1, 0.15) is 0 Å². The highest BCUT2D eigenvalue weighted by atomic mass is 16.6. The number of nitrogens with zero attached hydrogens (tertiary/aromatic N) is 7. The first-order chi connectivity index (χ1) is 17.0. The van der Waals surface area contributed by atoms with E-state index in [1.54, 1.807) is 43.3 Å². The second-order valence-corrected chi connectivity index (χ2v) is 7.82. The molecule has 0 unspecified atom stereocenters. The fraction of sp³-hybridized carbons (Fsp3) is 0.208. The SMILES string of the molecule is CN(C)/C=N/c1nc(OC(=O)N(c2ccccc2)c2ccccc2)nc2c1ncn2C[C@H](O)CO. The number of aliphatic hydroxyl groups is 2. The van der Waals surface area contributed by atoms with Crippen molar-refractivity contribution in [2.24, 2.45) is 4.99 Å². The Kier molecular flexibility index (Phi) is 7.29. The third kappa shape index (κ3) is 5.60. The molecular weight excluding hydrogens is 450 g/mol. The number of carbonyl (C=O) groups excluding carboxylic acids is 1. The minimum absolute atomic E-state index is 0.0361. The molecule has 0 spiro atoms. The van der Waals surface area contributed by atoms with Crippen molar-refractivity contribution in [2.75, 3.05) is 25.6 Å². The normalized spacial score (nSPS) is 12.1. The molecule has 4 aromatic rings. The third-order valence-electron chi connectivity index (χ3n) is 4.84. The van der Waals surface area contributed by atoms with Gasteiger partial charge in [0.25, 0.3) is 0 Å². The van der Waals surface area contributed by atoms with Crippen LogP contribution in [0, 0.1) is 0 Å². The number of carbonyl (C=O) groups is 1. The van der Waals surface area contributed by atoms with Crippen LogP contribution in [0.25, 0.3) is 11.2 Å². The second kappa shape index (κ2) is 10.7. The lowest BCUT2D eigenvalue weighted by Gasteiger charge is -2.21. The number of aromatic nitrogens is 4. The number of anilines is 2. The molecule has 2 aromatic heterocycles. The fourth-order valence-electron chi connectivity index (χ4n) is 3.27. The van der Waals surface area contributed by atoms with Gasteiger partial charge in [-0.3, -0.25) is 0 Å². The minimum Gasteiger partial charge on any atom is -0.394 e. The largest absolute Gasteiger partial charge is 0.426 e. The van der Waals surface area contributed by atoms with Gasteiger partial charge in [0.15, 0.2) is 17.0 Å². The highest BCUT2D eigenvalue weighted by Crippen LogP contribution is 2.28. The molecular formula is C24H25N7O4. The topological polar surface area (TPSA) is 129 Å². The van der Waals surface area contributed by atoms with Gasteiger partial charge in [0, 0.05) is 14.1 Å². The van der Waals surface area contributed by atoms with Gasteiger partial charge >= 0.3 is 12.1 Å². The van der Waals surface area contributed by atoms with E-state index in [1.807, 2.05) is 36.4 Å². The quantitative estimate of drug-likeness (QED) is 0.294. The molecule has 1 atom stereocenters. The monoisotopic (exact) mass is 475 g/mol. The van der Waals surface area contributed by atoms with E-state index in [1.165, 1.54) is 22.1 Å². The maximum atomic E-state index is 13.4. The highest BCUT2D eigenvalue weighted by Gasteiger charge is 2.23. The first-order valence-electron chi connectivity index (χ1n) is 10.8. The van der Waals surface area contributed by atoms with Crippen molar-refractivity contribution >= 4 is 40.8 Å². The van der Waals surface area contributed by atoms with Gasteiger partial charge in [-0.05, 0) is 24.3 Å². The van der Waals surface area contributed by atoms with E-state index in [2.05, 4.69) is 19.9 Å². The average molecular weight is 476 g/mol. The van der Waals surface area contributed by atoms with E-state index < -0.39 is 18.8 Å². The number of amides is 1. The molecule has 0 aliphatic rings. The van der Waals surface area contributed by atoms with E-state index in [-0.39, 0.29) is 18.4 Å². The Bertz CT molecular complexity index is 1270. The van der Waals surface area contributed by atoms with E-state index in [4.69, 9.17) is 4.74 Å². The van der Waals surface area contributed by atoms with Crippen molar-refractivity contribution in [3.63, 3.8) is 0 Å². The molecule has 2 heterocycles. The van der Waals surface area contributed by atoms with Crippen molar-refractivity contribution in [1.29, 1.82) is 0 Å². The molecule has 0 aliphatic heterocycles. The predicted molar refractivity (Wildman–Crippen MR) is 131 cm³/mol. The molecule has 1 amide bonds. The van der Waals surface area contributed by atoms with E-state index in [0.29, 0.717) is 22.5 Å². The molecule has 11 heteroatoms. The number of rotatable bonds is 8. The Balaban J connectivity index is 1.74. The van der Waals surface area contributed by atoms with Crippen LogP contribution in [0.5, 0.6) is 6.01 Å². The number of aliphatic hydroxyl groups excluding tert-OH is 2. The highest BCUT2D eigenvalue weighted by molar-refractivity contribution is 5.97. The van der Waals surface area contributed by atoms with Crippen molar-refractivity contribution < 1.29 is 19.7 Å². The molecule has 180 valence electrons. The van der Waals surface area contributed by atoms with Gasteiger partial charge in [0.05, 0.1) is 43.3 Å². The van der Waals surface area contributed by atoms with E-state index >= 15 is 0 Å². The van der Waals surface area contributed by atoms with Gasteiger partial charge in [-0.25, -0.2) is 19.7 Å². The van der Waals surface area contributed by atoms with Crippen LogP contribution in [-0.4, -0.2) is 73.9 Å². The average Bonchev–Trinajstić information content (AvgIpc) is 3.26. The Morgan fingerprint density at radius 3 is 2.29 bits per heavy atom. The number of imidazole rings is 1. The number of fused-ring (bicyclic) bond motifs is 1. The summed E-state index contributed by atoms with van der Waals surface area (Å²) >= 11 is 0.